The molecule has 1 aliphatic rings. The van der Waals surface area contributed by atoms with E-state index in [0.29, 0.717) is 12.2 Å². The Bertz CT molecular complexity index is 629. The molecule has 1 fully saturated rings. The van der Waals surface area contributed by atoms with Crippen LogP contribution in [-0.4, -0.2) is 43.4 Å². The minimum absolute atomic E-state index is 0.202. The zero-order valence-electron chi connectivity index (χ0n) is 11.3. The molecule has 1 unspecified atom stereocenters. The van der Waals surface area contributed by atoms with Crippen molar-refractivity contribution in [3.63, 3.8) is 0 Å². The molecule has 1 heterocycles. The van der Waals surface area contributed by atoms with Crippen LogP contribution in [0, 0.1) is 17.0 Å². The van der Waals surface area contributed by atoms with E-state index in [9.17, 15) is 18.5 Å². The second kappa shape index (κ2) is 5.47. The summed E-state index contributed by atoms with van der Waals surface area (Å²) in [4.78, 5) is 10.2. The molecule has 0 radical (unpaired) electrons. The maximum atomic E-state index is 12.6. The fraction of sp³-hybridized carbons (Fsp3) is 0.500. The molecule has 0 amide bonds. The highest BCUT2D eigenvalue weighted by Crippen LogP contribution is 2.30. The number of hydrogen-bond acceptors (Lipinski definition) is 5. The Morgan fingerprint density at radius 2 is 2.15 bits per heavy atom. The summed E-state index contributed by atoms with van der Waals surface area (Å²) in [5.74, 6) is 0. The molecular weight excluding hydrogens is 284 g/mol. The summed E-state index contributed by atoms with van der Waals surface area (Å²) >= 11 is 0. The van der Waals surface area contributed by atoms with Crippen LogP contribution < -0.4 is 0 Å². The van der Waals surface area contributed by atoms with Crippen molar-refractivity contribution in [3.05, 3.63) is 33.9 Å². The molecule has 1 aromatic rings. The predicted octanol–water partition coefficient (Wildman–Crippen LogP) is 1.31. The summed E-state index contributed by atoms with van der Waals surface area (Å²) in [6, 6.07) is 4.25. The van der Waals surface area contributed by atoms with E-state index < -0.39 is 14.9 Å². The normalized spacial score (nSPS) is 20.8. The second-order valence-corrected chi connectivity index (χ2v) is 6.60. The number of nitro groups is 1. The van der Waals surface area contributed by atoms with Gasteiger partial charge in [0.05, 0.1) is 17.6 Å². The molecule has 0 saturated carbocycles. The fourth-order valence-electron chi connectivity index (χ4n) is 2.25. The summed E-state index contributed by atoms with van der Waals surface area (Å²) in [5, 5.41) is 11.1. The van der Waals surface area contributed by atoms with Crippen LogP contribution in [0.2, 0.25) is 0 Å². The molecule has 0 N–H and O–H groups in total. The number of hydrogen-bond donors (Lipinski definition) is 0. The van der Waals surface area contributed by atoms with Gasteiger partial charge in [-0.05, 0) is 19.4 Å². The van der Waals surface area contributed by atoms with Gasteiger partial charge in [0, 0.05) is 19.2 Å². The lowest BCUT2D eigenvalue weighted by Crippen LogP contribution is -2.44. The van der Waals surface area contributed by atoms with Gasteiger partial charge in [0.25, 0.3) is 5.69 Å². The Morgan fingerprint density at radius 3 is 2.75 bits per heavy atom. The lowest BCUT2D eigenvalue weighted by Gasteiger charge is -2.30. The summed E-state index contributed by atoms with van der Waals surface area (Å²) in [7, 11) is -3.89. The van der Waals surface area contributed by atoms with Crippen molar-refractivity contribution < 1.29 is 18.1 Å². The maximum Gasteiger partial charge on any atom is 0.289 e. The molecule has 8 heteroatoms. The van der Waals surface area contributed by atoms with Gasteiger partial charge < -0.3 is 4.74 Å². The van der Waals surface area contributed by atoms with Gasteiger partial charge in [-0.25, -0.2) is 8.42 Å². The smallest absolute Gasteiger partial charge is 0.289 e. The van der Waals surface area contributed by atoms with Crippen LogP contribution in [0.25, 0.3) is 0 Å². The van der Waals surface area contributed by atoms with Crippen LogP contribution in [0.15, 0.2) is 23.1 Å². The molecule has 0 spiro atoms. The van der Waals surface area contributed by atoms with E-state index in [1.54, 1.807) is 19.9 Å². The lowest BCUT2D eigenvalue weighted by molar-refractivity contribution is -0.387. The van der Waals surface area contributed by atoms with Gasteiger partial charge in [0.15, 0.2) is 4.90 Å². The zero-order valence-corrected chi connectivity index (χ0v) is 12.1. The SMILES string of the molecule is Cc1cccc([N+](=O)[O-])c1S(=O)(=O)N1CCOC(C)C1. The highest BCUT2D eigenvalue weighted by atomic mass is 32.2. The van der Waals surface area contributed by atoms with Crippen LogP contribution >= 0.6 is 0 Å². The number of ether oxygens (including phenoxy) is 1. The average Bonchev–Trinajstić information content (AvgIpc) is 2.38. The van der Waals surface area contributed by atoms with Gasteiger partial charge in [0.1, 0.15) is 0 Å². The zero-order chi connectivity index (χ0) is 14.9. The van der Waals surface area contributed by atoms with E-state index in [0.717, 1.165) is 0 Å². The van der Waals surface area contributed by atoms with E-state index in [4.69, 9.17) is 4.74 Å². The number of morpholine rings is 1. The van der Waals surface area contributed by atoms with Gasteiger partial charge in [0.2, 0.25) is 10.0 Å². The first-order valence-electron chi connectivity index (χ1n) is 6.20. The Balaban J connectivity index is 2.52. The quantitative estimate of drug-likeness (QED) is 0.620. The van der Waals surface area contributed by atoms with Crippen LogP contribution in [0.5, 0.6) is 0 Å². The van der Waals surface area contributed by atoms with Gasteiger partial charge >= 0.3 is 0 Å². The van der Waals surface area contributed by atoms with Crippen LogP contribution in [0.1, 0.15) is 12.5 Å². The molecule has 2 rings (SSSR count). The van der Waals surface area contributed by atoms with E-state index in [-0.39, 0.29) is 29.8 Å². The first-order valence-corrected chi connectivity index (χ1v) is 7.64. The minimum Gasteiger partial charge on any atom is -0.376 e. The van der Waals surface area contributed by atoms with E-state index in [1.807, 2.05) is 0 Å². The van der Waals surface area contributed by atoms with Crippen molar-refractivity contribution >= 4 is 15.7 Å². The van der Waals surface area contributed by atoms with Gasteiger partial charge in [-0.15, -0.1) is 0 Å². The van der Waals surface area contributed by atoms with Gasteiger partial charge in [-0.2, -0.15) is 4.31 Å². The average molecular weight is 300 g/mol. The van der Waals surface area contributed by atoms with Crippen molar-refractivity contribution in [1.29, 1.82) is 0 Å². The summed E-state index contributed by atoms with van der Waals surface area (Å²) in [5.41, 5.74) is -0.0116. The lowest BCUT2D eigenvalue weighted by atomic mass is 10.2. The molecular formula is C12H16N2O5S. The Morgan fingerprint density at radius 1 is 1.45 bits per heavy atom. The number of sulfonamides is 1. The van der Waals surface area contributed by atoms with Crippen LogP contribution in [0.4, 0.5) is 5.69 Å². The highest BCUT2D eigenvalue weighted by Gasteiger charge is 2.35. The Hall–Kier alpha value is -1.51. The first-order chi connectivity index (χ1) is 9.34. The van der Waals surface area contributed by atoms with Crippen molar-refractivity contribution in [3.8, 4) is 0 Å². The Labute approximate surface area is 117 Å². The van der Waals surface area contributed by atoms with E-state index >= 15 is 0 Å². The highest BCUT2D eigenvalue weighted by molar-refractivity contribution is 7.89. The first kappa shape index (κ1) is 14.9. The van der Waals surface area contributed by atoms with Crippen molar-refractivity contribution in [2.45, 2.75) is 24.8 Å². The largest absolute Gasteiger partial charge is 0.376 e. The number of nitro benzene ring substituents is 1. The predicted molar refractivity (Wildman–Crippen MR) is 72.0 cm³/mol. The molecule has 1 saturated heterocycles. The van der Waals surface area contributed by atoms with E-state index in [1.165, 1.54) is 16.4 Å². The topological polar surface area (TPSA) is 89.8 Å². The van der Waals surface area contributed by atoms with Gasteiger partial charge in [-0.3, -0.25) is 10.1 Å². The monoisotopic (exact) mass is 300 g/mol. The third-order valence-corrected chi connectivity index (χ3v) is 5.25. The molecule has 1 aromatic carbocycles. The summed E-state index contributed by atoms with van der Waals surface area (Å²) < 4.78 is 31.8. The van der Waals surface area contributed by atoms with Crippen LogP contribution in [0.3, 0.4) is 0 Å². The number of benzene rings is 1. The third kappa shape index (κ3) is 2.67. The molecule has 0 aliphatic carbocycles. The maximum absolute atomic E-state index is 12.6. The van der Waals surface area contributed by atoms with Gasteiger partial charge in [-0.1, -0.05) is 12.1 Å². The number of rotatable bonds is 3. The second-order valence-electron chi connectivity index (χ2n) is 4.72. The molecule has 1 atom stereocenters. The van der Waals surface area contributed by atoms with Crippen molar-refractivity contribution in [2.75, 3.05) is 19.7 Å². The molecule has 7 nitrogen and oxygen atoms in total. The molecule has 110 valence electrons. The molecule has 0 aromatic heterocycles. The Kier molecular flexibility index (Phi) is 4.07. The minimum atomic E-state index is -3.89. The number of nitrogens with zero attached hydrogens (tertiary/aromatic N) is 2. The third-order valence-electron chi connectivity index (χ3n) is 3.19. The molecule has 0 bridgehead atoms. The standard InChI is InChI=1S/C12H16N2O5S/c1-9-4-3-5-11(14(15)16)12(9)20(17,18)13-6-7-19-10(2)8-13/h3-5,10H,6-8H2,1-2H3. The fourth-order valence-corrected chi connectivity index (χ4v) is 4.11. The van der Waals surface area contributed by atoms with Crippen LogP contribution in [-0.2, 0) is 14.8 Å². The van der Waals surface area contributed by atoms with Crippen molar-refractivity contribution in [1.82, 2.24) is 4.31 Å². The summed E-state index contributed by atoms with van der Waals surface area (Å²) in [6.07, 6.45) is -0.221. The number of aryl methyl sites for hydroxylation is 1. The van der Waals surface area contributed by atoms with E-state index in [2.05, 4.69) is 0 Å². The molecule has 1 aliphatic heterocycles. The summed E-state index contributed by atoms with van der Waals surface area (Å²) in [6.45, 7) is 4.03. The molecule has 20 heavy (non-hydrogen) atoms. The van der Waals surface area contributed by atoms with Crippen molar-refractivity contribution in [2.24, 2.45) is 0 Å².